The molecule has 0 aliphatic heterocycles. The third-order valence-electron chi connectivity index (χ3n) is 2.74. The van der Waals surface area contributed by atoms with Gasteiger partial charge < -0.3 is 5.32 Å². The van der Waals surface area contributed by atoms with E-state index in [1.807, 2.05) is 45.2 Å². The lowest BCUT2D eigenvalue weighted by atomic mass is 10.2. The summed E-state index contributed by atoms with van der Waals surface area (Å²) in [5.41, 5.74) is 3.09. The number of halogens is 1. The number of aromatic nitrogens is 2. The zero-order valence-corrected chi connectivity index (χ0v) is 11.7. The first-order valence-electron chi connectivity index (χ1n) is 5.41. The topological polar surface area (TPSA) is 37.8 Å². The second-order valence-electron chi connectivity index (χ2n) is 3.84. The lowest BCUT2D eigenvalue weighted by Gasteiger charge is -2.10. The minimum Gasteiger partial charge on any atom is -0.373 e. The van der Waals surface area contributed by atoms with E-state index in [0.717, 1.165) is 32.9 Å². The van der Waals surface area contributed by atoms with Gasteiger partial charge in [-0.2, -0.15) is 0 Å². The molecule has 0 spiro atoms. The summed E-state index contributed by atoms with van der Waals surface area (Å²) < 4.78 is 1.00. The van der Waals surface area contributed by atoms with Crippen LogP contribution in [0.4, 0.5) is 5.82 Å². The summed E-state index contributed by atoms with van der Waals surface area (Å²) in [7, 11) is 1.87. The number of hydrogen-bond donors (Lipinski definition) is 1. The SMILES string of the molecule is CNc1nc(-c2ccccc2Br)nc(C)c1C. The van der Waals surface area contributed by atoms with Gasteiger partial charge in [0.2, 0.25) is 0 Å². The minimum atomic E-state index is 0.741. The van der Waals surface area contributed by atoms with Gasteiger partial charge in [-0.25, -0.2) is 9.97 Å². The Balaban J connectivity index is 2.61. The summed E-state index contributed by atoms with van der Waals surface area (Å²) >= 11 is 3.52. The van der Waals surface area contributed by atoms with Gasteiger partial charge in [0.05, 0.1) is 0 Å². The molecule has 0 saturated heterocycles. The highest BCUT2D eigenvalue weighted by molar-refractivity contribution is 9.10. The second-order valence-corrected chi connectivity index (χ2v) is 4.69. The first-order valence-corrected chi connectivity index (χ1v) is 6.20. The highest BCUT2D eigenvalue weighted by atomic mass is 79.9. The highest BCUT2D eigenvalue weighted by Crippen LogP contribution is 2.27. The van der Waals surface area contributed by atoms with E-state index < -0.39 is 0 Å². The van der Waals surface area contributed by atoms with E-state index in [9.17, 15) is 0 Å². The Morgan fingerprint density at radius 1 is 1.12 bits per heavy atom. The molecule has 2 aromatic rings. The van der Waals surface area contributed by atoms with Crippen molar-refractivity contribution in [2.75, 3.05) is 12.4 Å². The maximum absolute atomic E-state index is 4.53. The van der Waals surface area contributed by atoms with E-state index in [2.05, 4.69) is 31.2 Å². The van der Waals surface area contributed by atoms with Crippen LogP contribution in [0.15, 0.2) is 28.7 Å². The largest absolute Gasteiger partial charge is 0.373 e. The molecule has 0 saturated carbocycles. The fraction of sp³-hybridized carbons (Fsp3) is 0.231. The summed E-state index contributed by atoms with van der Waals surface area (Å²) in [5.74, 6) is 1.62. The van der Waals surface area contributed by atoms with Crippen molar-refractivity contribution in [2.45, 2.75) is 13.8 Å². The van der Waals surface area contributed by atoms with Crippen LogP contribution in [-0.4, -0.2) is 17.0 Å². The van der Waals surface area contributed by atoms with Crippen molar-refractivity contribution in [1.29, 1.82) is 0 Å². The van der Waals surface area contributed by atoms with Crippen LogP contribution < -0.4 is 5.32 Å². The van der Waals surface area contributed by atoms with E-state index in [0.29, 0.717) is 0 Å². The third kappa shape index (κ3) is 2.31. The molecule has 0 unspecified atom stereocenters. The van der Waals surface area contributed by atoms with E-state index in [1.165, 1.54) is 0 Å². The van der Waals surface area contributed by atoms with Crippen LogP contribution in [0.2, 0.25) is 0 Å². The van der Waals surface area contributed by atoms with E-state index in [1.54, 1.807) is 0 Å². The molecule has 3 nitrogen and oxygen atoms in total. The molecular weight excluding hydrogens is 278 g/mol. The molecule has 0 aliphatic carbocycles. The number of aryl methyl sites for hydroxylation is 1. The molecular formula is C13H14BrN3. The van der Waals surface area contributed by atoms with Crippen LogP contribution in [0, 0.1) is 13.8 Å². The highest BCUT2D eigenvalue weighted by Gasteiger charge is 2.10. The number of benzene rings is 1. The van der Waals surface area contributed by atoms with Crippen LogP contribution in [-0.2, 0) is 0 Å². The van der Waals surface area contributed by atoms with Crippen molar-refractivity contribution >= 4 is 21.7 Å². The molecule has 88 valence electrons. The summed E-state index contributed by atoms with van der Waals surface area (Å²) in [6.07, 6.45) is 0. The predicted molar refractivity (Wildman–Crippen MR) is 74.2 cm³/mol. The Morgan fingerprint density at radius 2 is 1.82 bits per heavy atom. The quantitative estimate of drug-likeness (QED) is 0.919. The van der Waals surface area contributed by atoms with E-state index in [-0.39, 0.29) is 0 Å². The summed E-state index contributed by atoms with van der Waals surface area (Å²) in [5, 5.41) is 3.10. The van der Waals surface area contributed by atoms with Gasteiger partial charge in [0, 0.05) is 28.3 Å². The number of nitrogens with zero attached hydrogens (tertiary/aromatic N) is 2. The molecule has 1 N–H and O–H groups in total. The zero-order valence-electron chi connectivity index (χ0n) is 10.1. The number of hydrogen-bond acceptors (Lipinski definition) is 3. The Bertz CT molecular complexity index is 552. The average molecular weight is 292 g/mol. The maximum Gasteiger partial charge on any atom is 0.162 e. The molecule has 0 radical (unpaired) electrons. The van der Waals surface area contributed by atoms with Crippen molar-refractivity contribution in [3.8, 4) is 11.4 Å². The number of nitrogens with one attached hydrogen (secondary N) is 1. The first-order chi connectivity index (χ1) is 8.13. The summed E-state index contributed by atoms with van der Waals surface area (Å²) in [4.78, 5) is 9.06. The normalized spacial score (nSPS) is 10.4. The first kappa shape index (κ1) is 12.0. The lowest BCUT2D eigenvalue weighted by molar-refractivity contribution is 1.07. The molecule has 1 aromatic heterocycles. The molecule has 1 aromatic carbocycles. The smallest absolute Gasteiger partial charge is 0.162 e. The second kappa shape index (κ2) is 4.84. The maximum atomic E-state index is 4.53. The number of rotatable bonds is 2. The molecule has 0 aliphatic rings. The van der Waals surface area contributed by atoms with Gasteiger partial charge in [-0.3, -0.25) is 0 Å². The Morgan fingerprint density at radius 3 is 2.47 bits per heavy atom. The van der Waals surface area contributed by atoms with Crippen molar-refractivity contribution in [3.05, 3.63) is 40.0 Å². The van der Waals surface area contributed by atoms with Crippen LogP contribution in [0.5, 0.6) is 0 Å². The van der Waals surface area contributed by atoms with Crippen molar-refractivity contribution in [1.82, 2.24) is 9.97 Å². The molecule has 0 bridgehead atoms. The van der Waals surface area contributed by atoms with Crippen LogP contribution in [0.3, 0.4) is 0 Å². The summed E-state index contributed by atoms with van der Waals surface area (Å²) in [6, 6.07) is 7.96. The van der Waals surface area contributed by atoms with E-state index in [4.69, 9.17) is 0 Å². The molecule has 1 heterocycles. The molecule has 2 rings (SSSR count). The predicted octanol–water partition coefficient (Wildman–Crippen LogP) is 3.56. The fourth-order valence-electron chi connectivity index (χ4n) is 1.64. The molecule has 17 heavy (non-hydrogen) atoms. The monoisotopic (exact) mass is 291 g/mol. The molecule has 0 atom stereocenters. The molecule has 0 fully saturated rings. The van der Waals surface area contributed by atoms with Crippen LogP contribution in [0.1, 0.15) is 11.3 Å². The van der Waals surface area contributed by atoms with Gasteiger partial charge in [-0.15, -0.1) is 0 Å². The fourth-order valence-corrected chi connectivity index (χ4v) is 2.10. The van der Waals surface area contributed by atoms with Crippen molar-refractivity contribution < 1.29 is 0 Å². The Hall–Kier alpha value is -1.42. The Labute approximate surface area is 109 Å². The van der Waals surface area contributed by atoms with Gasteiger partial charge >= 0.3 is 0 Å². The van der Waals surface area contributed by atoms with Crippen molar-refractivity contribution in [2.24, 2.45) is 0 Å². The van der Waals surface area contributed by atoms with Crippen LogP contribution >= 0.6 is 15.9 Å². The minimum absolute atomic E-state index is 0.741. The number of anilines is 1. The van der Waals surface area contributed by atoms with Gasteiger partial charge in [0.15, 0.2) is 5.82 Å². The third-order valence-corrected chi connectivity index (χ3v) is 3.43. The van der Waals surface area contributed by atoms with Gasteiger partial charge in [0.25, 0.3) is 0 Å². The zero-order chi connectivity index (χ0) is 12.4. The Kier molecular flexibility index (Phi) is 3.43. The standard InChI is InChI=1S/C13H14BrN3/c1-8-9(2)16-13(17-12(8)15-3)10-6-4-5-7-11(10)14/h4-7H,1-3H3,(H,15,16,17). The van der Waals surface area contributed by atoms with Crippen molar-refractivity contribution in [3.63, 3.8) is 0 Å². The molecule has 0 amide bonds. The summed E-state index contributed by atoms with van der Waals surface area (Å²) in [6.45, 7) is 4.02. The van der Waals surface area contributed by atoms with Gasteiger partial charge in [-0.1, -0.05) is 34.1 Å². The lowest BCUT2D eigenvalue weighted by Crippen LogP contribution is -2.02. The average Bonchev–Trinajstić information content (AvgIpc) is 2.33. The van der Waals surface area contributed by atoms with Gasteiger partial charge in [-0.05, 0) is 19.9 Å². The van der Waals surface area contributed by atoms with E-state index >= 15 is 0 Å². The molecule has 4 heteroatoms. The van der Waals surface area contributed by atoms with Crippen LogP contribution in [0.25, 0.3) is 11.4 Å². The van der Waals surface area contributed by atoms with Gasteiger partial charge in [0.1, 0.15) is 5.82 Å².